The van der Waals surface area contributed by atoms with Crippen molar-refractivity contribution in [1.29, 1.82) is 0 Å². The third kappa shape index (κ3) is 3.74. The molecule has 1 heterocycles. The lowest BCUT2D eigenvalue weighted by Crippen LogP contribution is -2.43. The lowest BCUT2D eigenvalue weighted by Gasteiger charge is -2.31. The maximum Gasteiger partial charge on any atom is 0.115 e. The van der Waals surface area contributed by atoms with Crippen molar-refractivity contribution in [3.63, 3.8) is 0 Å². The second-order valence-electron chi connectivity index (χ2n) is 5.15. The maximum absolute atomic E-state index is 9.46. The van der Waals surface area contributed by atoms with Gasteiger partial charge < -0.3 is 10.4 Å². The number of rotatable bonds is 4. The first kappa shape index (κ1) is 12.4. The fraction of sp³-hybridized carbons (Fsp3) is 0.600. The standard InChI is InChI=1S/C15H23NO/c1-2-5-13-7-4-8-14(16-13)10-12-6-3-9-15(17)11-12/h3,6,9,11,13-14,16-17H,2,4-5,7-8,10H2,1H3. The van der Waals surface area contributed by atoms with Crippen LogP contribution in [0.15, 0.2) is 24.3 Å². The van der Waals surface area contributed by atoms with Crippen LogP contribution in [-0.4, -0.2) is 17.2 Å². The molecule has 2 unspecified atom stereocenters. The summed E-state index contributed by atoms with van der Waals surface area (Å²) < 4.78 is 0. The number of aromatic hydroxyl groups is 1. The van der Waals surface area contributed by atoms with Gasteiger partial charge in [-0.1, -0.05) is 31.9 Å². The highest BCUT2D eigenvalue weighted by molar-refractivity contribution is 5.27. The Morgan fingerprint density at radius 2 is 2.12 bits per heavy atom. The topological polar surface area (TPSA) is 32.3 Å². The van der Waals surface area contributed by atoms with E-state index >= 15 is 0 Å². The van der Waals surface area contributed by atoms with Gasteiger partial charge >= 0.3 is 0 Å². The molecule has 2 rings (SSSR count). The fourth-order valence-electron chi connectivity index (χ4n) is 2.82. The summed E-state index contributed by atoms with van der Waals surface area (Å²) in [6, 6.07) is 8.93. The van der Waals surface area contributed by atoms with Crippen molar-refractivity contribution in [2.24, 2.45) is 0 Å². The van der Waals surface area contributed by atoms with Gasteiger partial charge in [-0.2, -0.15) is 0 Å². The molecule has 1 aliphatic rings. The number of hydrogen-bond donors (Lipinski definition) is 2. The Balaban J connectivity index is 1.90. The molecule has 94 valence electrons. The Labute approximate surface area is 104 Å². The highest BCUT2D eigenvalue weighted by Crippen LogP contribution is 2.20. The molecule has 0 spiro atoms. The molecule has 0 amide bonds. The molecule has 17 heavy (non-hydrogen) atoms. The van der Waals surface area contributed by atoms with Gasteiger partial charge in [0, 0.05) is 12.1 Å². The van der Waals surface area contributed by atoms with E-state index in [0.717, 1.165) is 6.42 Å². The van der Waals surface area contributed by atoms with Crippen LogP contribution in [0.25, 0.3) is 0 Å². The van der Waals surface area contributed by atoms with Gasteiger partial charge in [-0.05, 0) is 43.4 Å². The molecular weight excluding hydrogens is 210 g/mol. The molecule has 2 N–H and O–H groups in total. The molecule has 1 aromatic rings. The van der Waals surface area contributed by atoms with Crippen LogP contribution < -0.4 is 5.32 Å². The van der Waals surface area contributed by atoms with Gasteiger partial charge in [0.1, 0.15) is 5.75 Å². The minimum atomic E-state index is 0.378. The normalized spacial score (nSPS) is 24.8. The first-order chi connectivity index (χ1) is 8.28. The van der Waals surface area contributed by atoms with Crippen molar-refractivity contribution in [3.8, 4) is 5.75 Å². The van der Waals surface area contributed by atoms with Crippen LogP contribution >= 0.6 is 0 Å². The average molecular weight is 233 g/mol. The molecule has 0 aromatic heterocycles. The zero-order valence-corrected chi connectivity index (χ0v) is 10.7. The van der Waals surface area contributed by atoms with Crippen LogP contribution in [0.4, 0.5) is 0 Å². The predicted octanol–water partition coefficient (Wildman–Crippen LogP) is 3.25. The minimum absolute atomic E-state index is 0.378. The van der Waals surface area contributed by atoms with Crippen LogP contribution in [0.1, 0.15) is 44.6 Å². The smallest absolute Gasteiger partial charge is 0.115 e. The predicted molar refractivity (Wildman–Crippen MR) is 71.3 cm³/mol. The van der Waals surface area contributed by atoms with E-state index in [1.807, 2.05) is 12.1 Å². The second-order valence-corrected chi connectivity index (χ2v) is 5.15. The number of phenolic OH excluding ortho intramolecular Hbond substituents is 1. The molecule has 0 saturated carbocycles. The van der Waals surface area contributed by atoms with Crippen molar-refractivity contribution in [3.05, 3.63) is 29.8 Å². The van der Waals surface area contributed by atoms with Gasteiger partial charge in [-0.15, -0.1) is 0 Å². The van der Waals surface area contributed by atoms with Crippen LogP contribution in [0.3, 0.4) is 0 Å². The summed E-state index contributed by atoms with van der Waals surface area (Å²) in [5, 5.41) is 13.2. The minimum Gasteiger partial charge on any atom is -0.508 e. The largest absolute Gasteiger partial charge is 0.508 e. The number of nitrogens with one attached hydrogen (secondary N) is 1. The molecule has 0 radical (unpaired) electrons. The summed E-state index contributed by atoms with van der Waals surface area (Å²) in [6.45, 7) is 2.25. The summed E-state index contributed by atoms with van der Waals surface area (Å²) in [4.78, 5) is 0. The highest BCUT2D eigenvalue weighted by Gasteiger charge is 2.20. The quantitative estimate of drug-likeness (QED) is 0.836. The molecule has 0 bridgehead atoms. The Hall–Kier alpha value is -1.02. The number of phenols is 1. The van der Waals surface area contributed by atoms with Gasteiger partial charge in [0.05, 0.1) is 0 Å². The molecule has 1 saturated heterocycles. The van der Waals surface area contributed by atoms with Crippen LogP contribution in [0.2, 0.25) is 0 Å². The third-order valence-corrected chi connectivity index (χ3v) is 3.61. The van der Waals surface area contributed by atoms with E-state index in [0.29, 0.717) is 17.8 Å². The first-order valence-corrected chi connectivity index (χ1v) is 6.82. The Bertz CT molecular complexity index is 349. The first-order valence-electron chi connectivity index (χ1n) is 6.82. The van der Waals surface area contributed by atoms with E-state index in [1.54, 1.807) is 6.07 Å². The van der Waals surface area contributed by atoms with Gasteiger partial charge in [-0.3, -0.25) is 0 Å². The SMILES string of the molecule is CCCC1CCCC(Cc2cccc(O)c2)N1. The number of hydrogen-bond acceptors (Lipinski definition) is 2. The Kier molecular flexibility index (Phi) is 4.43. The Morgan fingerprint density at radius 3 is 2.88 bits per heavy atom. The van der Waals surface area contributed by atoms with Gasteiger partial charge in [0.15, 0.2) is 0 Å². The van der Waals surface area contributed by atoms with Crippen molar-refractivity contribution < 1.29 is 5.11 Å². The summed E-state index contributed by atoms with van der Waals surface area (Å²) in [6.07, 6.45) is 7.50. The van der Waals surface area contributed by atoms with Crippen LogP contribution in [0.5, 0.6) is 5.75 Å². The van der Waals surface area contributed by atoms with Gasteiger partial charge in [0.25, 0.3) is 0 Å². The summed E-state index contributed by atoms with van der Waals surface area (Å²) in [5.74, 6) is 0.378. The number of piperidine rings is 1. The van der Waals surface area contributed by atoms with E-state index in [9.17, 15) is 5.11 Å². The third-order valence-electron chi connectivity index (χ3n) is 3.61. The van der Waals surface area contributed by atoms with E-state index in [-0.39, 0.29) is 0 Å². The van der Waals surface area contributed by atoms with Gasteiger partial charge in [0.2, 0.25) is 0 Å². The Morgan fingerprint density at radius 1 is 1.29 bits per heavy atom. The highest BCUT2D eigenvalue weighted by atomic mass is 16.3. The van der Waals surface area contributed by atoms with Crippen LogP contribution in [0, 0.1) is 0 Å². The van der Waals surface area contributed by atoms with Crippen molar-refractivity contribution in [2.45, 2.75) is 57.5 Å². The molecule has 1 aromatic carbocycles. The van der Waals surface area contributed by atoms with E-state index in [2.05, 4.69) is 18.3 Å². The van der Waals surface area contributed by atoms with E-state index in [4.69, 9.17) is 0 Å². The molecule has 1 fully saturated rings. The zero-order chi connectivity index (χ0) is 12.1. The van der Waals surface area contributed by atoms with Crippen molar-refractivity contribution in [1.82, 2.24) is 5.32 Å². The summed E-state index contributed by atoms with van der Waals surface area (Å²) >= 11 is 0. The van der Waals surface area contributed by atoms with Crippen molar-refractivity contribution >= 4 is 0 Å². The molecule has 1 aliphatic heterocycles. The summed E-state index contributed by atoms with van der Waals surface area (Å²) in [7, 11) is 0. The molecular formula is C15H23NO. The maximum atomic E-state index is 9.46. The average Bonchev–Trinajstić information content (AvgIpc) is 2.30. The molecule has 2 heteroatoms. The van der Waals surface area contributed by atoms with Crippen molar-refractivity contribution in [2.75, 3.05) is 0 Å². The zero-order valence-electron chi connectivity index (χ0n) is 10.7. The van der Waals surface area contributed by atoms with Crippen LogP contribution in [-0.2, 0) is 6.42 Å². The second kappa shape index (κ2) is 6.06. The molecule has 0 aliphatic carbocycles. The monoisotopic (exact) mass is 233 g/mol. The summed E-state index contributed by atoms with van der Waals surface area (Å²) in [5.41, 5.74) is 1.24. The molecule has 2 atom stereocenters. The fourth-order valence-corrected chi connectivity index (χ4v) is 2.82. The molecule has 2 nitrogen and oxygen atoms in total. The van der Waals surface area contributed by atoms with Gasteiger partial charge in [-0.25, -0.2) is 0 Å². The lowest BCUT2D eigenvalue weighted by molar-refractivity contribution is 0.304. The lowest BCUT2D eigenvalue weighted by atomic mass is 9.92. The number of benzene rings is 1. The van der Waals surface area contributed by atoms with E-state index < -0.39 is 0 Å². The van der Waals surface area contributed by atoms with E-state index in [1.165, 1.54) is 37.7 Å².